The van der Waals surface area contributed by atoms with E-state index in [0.29, 0.717) is 5.92 Å². The van der Waals surface area contributed by atoms with Crippen LogP contribution in [0.1, 0.15) is 20.3 Å². The van der Waals surface area contributed by atoms with Gasteiger partial charge in [-0.25, -0.2) is 4.98 Å². The molecule has 1 aromatic carbocycles. The zero-order valence-electron chi connectivity index (χ0n) is 10.7. The summed E-state index contributed by atoms with van der Waals surface area (Å²) in [5, 5.41) is 4.17. The maximum atomic E-state index is 6.27. The molecule has 18 heavy (non-hydrogen) atoms. The summed E-state index contributed by atoms with van der Waals surface area (Å²) in [6.07, 6.45) is 6.54. The molecular formula is C14H18ClN3. The monoisotopic (exact) mass is 263 g/mol. The van der Waals surface area contributed by atoms with Gasteiger partial charge in [0.1, 0.15) is 0 Å². The number of aromatic nitrogens is 2. The van der Waals surface area contributed by atoms with Crippen molar-refractivity contribution in [3.63, 3.8) is 0 Å². The van der Waals surface area contributed by atoms with E-state index in [1.165, 1.54) is 0 Å². The number of hydrogen-bond acceptors (Lipinski definition) is 2. The van der Waals surface area contributed by atoms with Gasteiger partial charge in [-0.1, -0.05) is 31.5 Å². The SMILES string of the molecule is CC(C)CCNc1cccc(Cl)c1-n1ccnc1. The molecular weight excluding hydrogens is 246 g/mol. The van der Waals surface area contributed by atoms with E-state index < -0.39 is 0 Å². The number of imidazole rings is 1. The Hall–Kier alpha value is -1.48. The first-order valence-electron chi connectivity index (χ1n) is 6.19. The summed E-state index contributed by atoms with van der Waals surface area (Å²) >= 11 is 6.27. The summed E-state index contributed by atoms with van der Waals surface area (Å²) < 4.78 is 1.93. The first-order chi connectivity index (χ1) is 8.68. The first kappa shape index (κ1) is 13.0. The molecule has 0 radical (unpaired) electrons. The van der Waals surface area contributed by atoms with Crippen molar-refractivity contribution in [2.45, 2.75) is 20.3 Å². The second kappa shape index (κ2) is 5.91. The van der Waals surface area contributed by atoms with Crippen LogP contribution in [0.3, 0.4) is 0 Å². The lowest BCUT2D eigenvalue weighted by Crippen LogP contribution is -2.07. The molecule has 3 nitrogen and oxygen atoms in total. The lowest BCUT2D eigenvalue weighted by atomic mass is 10.1. The number of para-hydroxylation sites is 1. The predicted octanol–water partition coefficient (Wildman–Crippen LogP) is 3.98. The quantitative estimate of drug-likeness (QED) is 0.884. The first-order valence-corrected chi connectivity index (χ1v) is 6.57. The van der Waals surface area contributed by atoms with Crippen molar-refractivity contribution < 1.29 is 0 Å². The molecule has 1 heterocycles. The van der Waals surface area contributed by atoms with E-state index in [0.717, 1.165) is 29.4 Å². The van der Waals surface area contributed by atoms with Crippen molar-refractivity contribution in [1.82, 2.24) is 9.55 Å². The fraction of sp³-hybridized carbons (Fsp3) is 0.357. The molecule has 2 rings (SSSR count). The molecule has 0 bridgehead atoms. The van der Waals surface area contributed by atoms with Gasteiger partial charge in [0.2, 0.25) is 0 Å². The van der Waals surface area contributed by atoms with E-state index in [1.807, 2.05) is 29.0 Å². The number of halogens is 1. The number of nitrogens with one attached hydrogen (secondary N) is 1. The highest BCUT2D eigenvalue weighted by molar-refractivity contribution is 6.33. The Morgan fingerprint density at radius 1 is 1.39 bits per heavy atom. The van der Waals surface area contributed by atoms with Crippen LogP contribution in [0.25, 0.3) is 5.69 Å². The average Bonchev–Trinajstić information content (AvgIpc) is 2.82. The number of rotatable bonds is 5. The van der Waals surface area contributed by atoms with Crippen LogP contribution >= 0.6 is 11.6 Å². The van der Waals surface area contributed by atoms with Gasteiger partial charge in [0.15, 0.2) is 0 Å². The van der Waals surface area contributed by atoms with Gasteiger partial charge in [-0.15, -0.1) is 0 Å². The number of anilines is 1. The molecule has 0 spiro atoms. The van der Waals surface area contributed by atoms with Crippen LogP contribution in [0.15, 0.2) is 36.9 Å². The normalized spacial score (nSPS) is 10.9. The van der Waals surface area contributed by atoms with Crippen molar-refractivity contribution in [2.24, 2.45) is 5.92 Å². The van der Waals surface area contributed by atoms with Crippen molar-refractivity contribution in [1.29, 1.82) is 0 Å². The van der Waals surface area contributed by atoms with Gasteiger partial charge >= 0.3 is 0 Å². The number of nitrogens with zero attached hydrogens (tertiary/aromatic N) is 2. The molecule has 0 atom stereocenters. The minimum absolute atomic E-state index is 0.688. The molecule has 0 saturated heterocycles. The summed E-state index contributed by atoms with van der Waals surface area (Å²) in [4.78, 5) is 4.07. The van der Waals surface area contributed by atoms with Gasteiger partial charge < -0.3 is 9.88 Å². The van der Waals surface area contributed by atoms with Crippen molar-refractivity contribution >= 4 is 17.3 Å². The third-order valence-corrected chi connectivity index (χ3v) is 3.09. The smallest absolute Gasteiger partial charge is 0.0992 e. The van der Waals surface area contributed by atoms with Gasteiger partial charge in [0.25, 0.3) is 0 Å². The van der Waals surface area contributed by atoms with Crippen molar-refractivity contribution in [2.75, 3.05) is 11.9 Å². The Morgan fingerprint density at radius 2 is 2.22 bits per heavy atom. The average molecular weight is 264 g/mol. The van der Waals surface area contributed by atoms with E-state index >= 15 is 0 Å². The second-order valence-electron chi connectivity index (χ2n) is 4.72. The van der Waals surface area contributed by atoms with Crippen LogP contribution in [0, 0.1) is 5.92 Å². The molecule has 0 fully saturated rings. The van der Waals surface area contributed by atoms with E-state index in [1.54, 1.807) is 12.5 Å². The molecule has 0 unspecified atom stereocenters. The lowest BCUT2D eigenvalue weighted by molar-refractivity contribution is 0.607. The van der Waals surface area contributed by atoms with E-state index in [9.17, 15) is 0 Å². The van der Waals surface area contributed by atoms with E-state index in [2.05, 4.69) is 24.1 Å². The Kier molecular flexibility index (Phi) is 4.26. The summed E-state index contributed by atoms with van der Waals surface area (Å²) in [7, 11) is 0. The van der Waals surface area contributed by atoms with Crippen LogP contribution in [0.5, 0.6) is 0 Å². The van der Waals surface area contributed by atoms with E-state index in [4.69, 9.17) is 11.6 Å². The molecule has 0 aliphatic rings. The number of hydrogen-bond donors (Lipinski definition) is 1. The second-order valence-corrected chi connectivity index (χ2v) is 5.12. The highest BCUT2D eigenvalue weighted by Gasteiger charge is 2.08. The van der Waals surface area contributed by atoms with Crippen molar-refractivity contribution in [3.8, 4) is 5.69 Å². The fourth-order valence-electron chi connectivity index (χ4n) is 1.81. The summed E-state index contributed by atoms with van der Waals surface area (Å²) in [5.74, 6) is 0.688. The van der Waals surface area contributed by atoms with Crippen molar-refractivity contribution in [3.05, 3.63) is 41.9 Å². The fourth-order valence-corrected chi connectivity index (χ4v) is 2.08. The largest absolute Gasteiger partial charge is 0.383 e. The van der Waals surface area contributed by atoms with Crippen LogP contribution in [0.4, 0.5) is 5.69 Å². The Labute approximate surface area is 113 Å². The topological polar surface area (TPSA) is 29.9 Å². The molecule has 96 valence electrons. The summed E-state index contributed by atoms with van der Waals surface area (Å²) in [6, 6.07) is 5.90. The molecule has 2 aromatic rings. The number of benzene rings is 1. The zero-order valence-corrected chi connectivity index (χ0v) is 11.5. The predicted molar refractivity (Wildman–Crippen MR) is 76.5 cm³/mol. The molecule has 4 heteroatoms. The summed E-state index contributed by atoms with van der Waals surface area (Å²) in [6.45, 7) is 5.38. The Balaban J connectivity index is 2.22. The summed E-state index contributed by atoms with van der Waals surface area (Å²) in [5.41, 5.74) is 2.00. The van der Waals surface area contributed by atoms with Gasteiger partial charge in [-0.2, -0.15) is 0 Å². The molecule has 0 aliphatic carbocycles. The van der Waals surface area contributed by atoms with Crippen LogP contribution < -0.4 is 5.32 Å². The van der Waals surface area contributed by atoms with Gasteiger partial charge in [0.05, 0.1) is 22.7 Å². The molecule has 0 saturated carbocycles. The molecule has 0 amide bonds. The van der Waals surface area contributed by atoms with Gasteiger partial charge in [-0.05, 0) is 24.5 Å². The third kappa shape index (κ3) is 3.05. The molecule has 0 aliphatic heterocycles. The van der Waals surface area contributed by atoms with E-state index in [-0.39, 0.29) is 0 Å². The standard InChI is InChI=1S/C14H18ClN3/c1-11(2)6-7-17-13-5-3-4-12(15)14(13)18-9-8-16-10-18/h3-5,8-11,17H,6-7H2,1-2H3. The van der Waals surface area contributed by atoms with Gasteiger partial charge in [0, 0.05) is 18.9 Å². The zero-order chi connectivity index (χ0) is 13.0. The minimum atomic E-state index is 0.688. The third-order valence-electron chi connectivity index (χ3n) is 2.79. The Morgan fingerprint density at radius 3 is 2.89 bits per heavy atom. The highest BCUT2D eigenvalue weighted by Crippen LogP contribution is 2.28. The highest BCUT2D eigenvalue weighted by atomic mass is 35.5. The lowest BCUT2D eigenvalue weighted by Gasteiger charge is -2.14. The maximum Gasteiger partial charge on any atom is 0.0992 e. The van der Waals surface area contributed by atoms with Gasteiger partial charge in [-0.3, -0.25) is 0 Å². The van der Waals surface area contributed by atoms with Crippen LogP contribution in [0.2, 0.25) is 5.02 Å². The minimum Gasteiger partial charge on any atom is -0.383 e. The maximum absolute atomic E-state index is 6.27. The van der Waals surface area contributed by atoms with Crippen LogP contribution in [-0.2, 0) is 0 Å². The molecule has 1 N–H and O–H groups in total. The Bertz CT molecular complexity index is 492. The van der Waals surface area contributed by atoms with Crippen LogP contribution in [-0.4, -0.2) is 16.1 Å². The molecule has 1 aromatic heterocycles.